The van der Waals surface area contributed by atoms with Crippen LogP contribution in [-0.4, -0.2) is 63.2 Å². The van der Waals surface area contributed by atoms with Crippen molar-refractivity contribution in [3.63, 3.8) is 0 Å². The fourth-order valence-corrected chi connectivity index (χ4v) is 4.66. The minimum atomic E-state index is 0. The molecule has 2 saturated heterocycles. The van der Waals surface area contributed by atoms with Crippen LogP contribution >= 0.6 is 35.3 Å². The molecular weight excluding hydrogens is 469 g/mol. The van der Waals surface area contributed by atoms with E-state index in [9.17, 15) is 0 Å². The number of rotatable bonds is 6. The molecule has 0 bridgehead atoms. The van der Waals surface area contributed by atoms with Gasteiger partial charge in [-0.15, -0.1) is 35.3 Å². The number of anilines is 1. The molecule has 5 nitrogen and oxygen atoms in total. The highest BCUT2D eigenvalue weighted by molar-refractivity contribution is 14.0. The fourth-order valence-electron chi connectivity index (χ4n) is 3.88. The number of likely N-dealkylation sites (tertiary alicyclic amines) is 1. The Bertz CT molecular complexity index is 535. The highest BCUT2D eigenvalue weighted by Crippen LogP contribution is 2.24. The van der Waals surface area contributed by atoms with Gasteiger partial charge in [-0.3, -0.25) is 4.99 Å². The molecule has 0 spiro atoms. The minimum Gasteiger partial charge on any atom is -0.363 e. The Morgan fingerprint density at radius 2 is 1.93 bits per heavy atom. The molecule has 0 radical (unpaired) electrons. The third-order valence-corrected chi connectivity index (χ3v) is 6.63. The Labute approximate surface area is 186 Å². The van der Waals surface area contributed by atoms with E-state index in [4.69, 9.17) is 0 Å². The average Bonchev–Trinajstić information content (AvgIpc) is 3.21. The van der Waals surface area contributed by atoms with E-state index in [-0.39, 0.29) is 24.0 Å². The predicted octanol–water partition coefficient (Wildman–Crippen LogP) is 3.62. The maximum atomic E-state index is 4.41. The minimum absolute atomic E-state index is 0. The molecule has 1 aromatic rings. The lowest BCUT2D eigenvalue weighted by molar-refractivity contribution is 0.191. The van der Waals surface area contributed by atoms with Crippen LogP contribution in [0.2, 0.25) is 0 Å². The Hall–Kier alpha value is -0.540. The van der Waals surface area contributed by atoms with E-state index in [1.807, 2.05) is 18.4 Å². The predicted molar refractivity (Wildman–Crippen MR) is 129 cm³/mol. The van der Waals surface area contributed by atoms with E-state index < -0.39 is 0 Å². The second-order valence-corrected chi connectivity index (χ2v) is 8.66. The number of guanidine groups is 1. The lowest BCUT2D eigenvalue weighted by atomic mass is 9.99. The van der Waals surface area contributed by atoms with Crippen molar-refractivity contribution >= 4 is 46.3 Å². The van der Waals surface area contributed by atoms with Crippen LogP contribution in [0.15, 0.2) is 22.5 Å². The molecule has 0 aliphatic carbocycles. The first-order valence-corrected chi connectivity index (χ1v) is 11.1. The number of thiophene rings is 1. The lowest BCUT2D eigenvalue weighted by Crippen LogP contribution is -2.49. The number of halogens is 1. The van der Waals surface area contributed by atoms with Crippen LogP contribution in [-0.2, 0) is 0 Å². The normalized spacial score (nSPS) is 20.4. The van der Waals surface area contributed by atoms with Crippen LogP contribution in [0.3, 0.4) is 0 Å². The second-order valence-electron chi connectivity index (χ2n) is 7.73. The van der Waals surface area contributed by atoms with Crippen LogP contribution in [0.4, 0.5) is 5.00 Å². The van der Waals surface area contributed by atoms with Crippen LogP contribution in [0, 0.1) is 5.92 Å². The molecule has 7 heteroatoms. The van der Waals surface area contributed by atoms with E-state index in [1.54, 1.807) is 0 Å². The summed E-state index contributed by atoms with van der Waals surface area (Å²) in [6, 6.07) is 4.89. The number of nitrogens with zero attached hydrogens (tertiary/aromatic N) is 3. The molecule has 2 aliphatic rings. The standard InChI is InChI=1S/C20H35N5S.HI/c1-17-6-12-24(13-7-17)11-4-10-22-20(21-2)23-18-8-14-25(15-9-18)19-5-3-16-26-19;/h3,5,16-18H,4,6-15H2,1-2H3,(H2,21,22,23);1H. The van der Waals surface area contributed by atoms with Gasteiger partial charge in [0.05, 0.1) is 5.00 Å². The van der Waals surface area contributed by atoms with E-state index in [1.165, 1.54) is 56.7 Å². The van der Waals surface area contributed by atoms with Crippen molar-refractivity contribution in [3.05, 3.63) is 17.5 Å². The molecule has 3 heterocycles. The van der Waals surface area contributed by atoms with Crippen LogP contribution in [0.5, 0.6) is 0 Å². The summed E-state index contributed by atoms with van der Waals surface area (Å²) in [5, 5.41) is 10.7. The molecular formula is C20H36IN5S. The Kier molecular flexibility index (Phi) is 10.2. The van der Waals surface area contributed by atoms with Crippen molar-refractivity contribution in [1.82, 2.24) is 15.5 Å². The molecule has 0 saturated carbocycles. The SMILES string of the molecule is CN=C(NCCCN1CCC(C)CC1)NC1CCN(c2cccs2)CC1.I. The molecule has 2 aliphatic heterocycles. The molecule has 3 rings (SSSR count). The van der Waals surface area contributed by atoms with Crippen molar-refractivity contribution in [2.75, 3.05) is 51.2 Å². The van der Waals surface area contributed by atoms with Gasteiger partial charge in [-0.2, -0.15) is 0 Å². The van der Waals surface area contributed by atoms with Crippen molar-refractivity contribution in [2.24, 2.45) is 10.9 Å². The molecule has 27 heavy (non-hydrogen) atoms. The van der Waals surface area contributed by atoms with Crippen LogP contribution < -0.4 is 15.5 Å². The number of piperidine rings is 2. The summed E-state index contributed by atoms with van der Waals surface area (Å²) in [5.41, 5.74) is 0. The van der Waals surface area contributed by atoms with E-state index in [0.29, 0.717) is 6.04 Å². The van der Waals surface area contributed by atoms with Gasteiger partial charge in [0.25, 0.3) is 0 Å². The van der Waals surface area contributed by atoms with Gasteiger partial charge in [-0.05, 0) is 75.2 Å². The van der Waals surface area contributed by atoms with Crippen molar-refractivity contribution in [3.8, 4) is 0 Å². The maximum Gasteiger partial charge on any atom is 0.191 e. The molecule has 0 unspecified atom stereocenters. The largest absolute Gasteiger partial charge is 0.363 e. The average molecular weight is 506 g/mol. The monoisotopic (exact) mass is 505 g/mol. The molecule has 2 fully saturated rings. The molecule has 154 valence electrons. The quantitative estimate of drug-likeness (QED) is 0.268. The molecule has 0 atom stereocenters. The number of aliphatic imine (C=N–C) groups is 1. The van der Waals surface area contributed by atoms with Crippen molar-refractivity contribution < 1.29 is 0 Å². The lowest BCUT2D eigenvalue weighted by Gasteiger charge is -2.33. The van der Waals surface area contributed by atoms with Gasteiger partial charge in [-0.1, -0.05) is 6.92 Å². The third-order valence-electron chi connectivity index (χ3n) is 5.70. The third kappa shape index (κ3) is 7.42. The van der Waals surface area contributed by atoms with Gasteiger partial charge < -0.3 is 20.4 Å². The molecule has 0 amide bonds. The summed E-state index contributed by atoms with van der Waals surface area (Å²) in [6.07, 6.45) is 6.25. The van der Waals surface area contributed by atoms with E-state index in [2.05, 4.69) is 49.9 Å². The smallest absolute Gasteiger partial charge is 0.191 e. The maximum absolute atomic E-state index is 4.41. The van der Waals surface area contributed by atoms with Gasteiger partial charge in [0.2, 0.25) is 0 Å². The summed E-state index contributed by atoms with van der Waals surface area (Å²) < 4.78 is 0. The van der Waals surface area contributed by atoms with Crippen molar-refractivity contribution in [1.29, 1.82) is 0 Å². The Balaban J connectivity index is 0.00000261. The first-order valence-electron chi connectivity index (χ1n) is 10.2. The Morgan fingerprint density at radius 1 is 1.19 bits per heavy atom. The highest BCUT2D eigenvalue weighted by atomic mass is 127. The zero-order valence-corrected chi connectivity index (χ0v) is 20.0. The van der Waals surface area contributed by atoms with Gasteiger partial charge >= 0.3 is 0 Å². The first-order chi connectivity index (χ1) is 12.7. The van der Waals surface area contributed by atoms with Gasteiger partial charge in [-0.25, -0.2) is 0 Å². The van der Waals surface area contributed by atoms with Gasteiger partial charge in [0, 0.05) is 32.7 Å². The first kappa shape index (κ1) is 22.7. The molecule has 1 aromatic heterocycles. The number of hydrogen-bond donors (Lipinski definition) is 2. The molecule has 2 N–H and O–H groups in total. The fraction of sp³-hybridized carbons (Fsp3) is 0.750. The van der Waals surface area contributed by atoms with Crippen LogP contribution in [0.25, 0.3) is 0 Å². The van der Waals surface area contributed by atoms with E-state index in [0.717, 1.165) is 31.5 Å². The van der Waals surface area contributed by atoms with Crippen molar-refractivity contribution in [2.45, 2.75) is 45.1 Å². The van der Waals surface area contributed by atoms with Gasteiger partial charge in [0.1, 0.15) is 0 Å². The number of nitrogens with one attached hydrogen (secondary N) is 2. The topological polar surface area (TPSA) is 42.9 Å². The summed E-state index contributed by atoms with van der Waals surface area (Å²) in [6.45, 7) is 9.38. The summed E-state index contributed by atoms with van der Waals surface area (Å²) in [4.78, 5) is 9.52. The van der Waals surface area contributed by atoms with Gasteiger partial charge in [0.15, 0.2) is 5.96 Å². The zero-order chi connectivity index (χ0) is 18.2. The summed E-state index contributed by atoms with van der Waals surface area (Å²) >= 11 is 1.84. The zero-order valence-electron chi connectivity index (χ0n) is 16.8. The second kappa shape index (κ2) is 12.1. The van der Waals surface area contributed by atoms with Crippen LogP contribution in [0.1, 0.15) is 39.0 Å². The summed E-state index contributed by atoms with van der Waals surface area (Å²) in [5.74, 6) is 1.88. The molecule has 0 aromatic carbocycles. The van der Waals surface area contributed by atoms with E-state index >= 15 is 0 Å². The summed E-state index contributed by atoms with van der Waals surface area (Å²) in [7, 11) is 1.88. The number of hydrogen-bond acceptors (Lipinski definition) is 4. The Morgan fingerprint density at radius 3 is 2.56 bits per heavy atom. The highest BCUT2D eigenvalue weighted by Gasteiger charge is 2.20.